The Morgan fingerprint density at radius 2 is 1.85 bits per heavy atom. The molecule has 1 aliphatic heterocycles. The third-order valence-corrected chi connectivity index (χ3v) is 7.07. The molecule has 39 heavy (non-hydrogen) atoms. The molecule has 0 bridgehead atoms. The zero-order valence-electron chi connectivity index (χ0n) is 21.7. The molecule has 0 saturated heterocycles. The smallest absolute Gasteiger partial charge is 0.305 e. The quantitative estimate of drug-likeness (QED) is 0.281. The molecule has 1 fully saturated rings. The number of esters is 1. The second kappa shape index (κ2) is 11.6. The van der Waals surface area contributed by atoms with Crippen LogP contribution in [0.3, 0.4) is 0 Å². The van der Waals surface area contributed by atoms with Crippen molar-refractivity contribution in [2.75, 3.05) is 13.7 Å². The summed E-state index contributed by atoms with van der Waals surface area (Å²) in [4.78, 5) is 37.0. The van der Waals surface area contributed by atoms with Crippen LogP contribution in [-0.4, -0.2) is 42.5 Å². The molecule has 0 aromatic heterocycles. The van der Waals surface area contributed by atoms with Crippen molar-refractivity contribution in [1.82, 2.24) is 0 Å². The Kier molecular flexibility index (Phi) is 7.81. The Morgan fingerprint density at radius 3 is 2.62 bits per heavy atom. The van der Waals surface area contributed by atoms with Gasteiger partial charge < -0.3 is 24.1 Å². The van der Waals surface area contributed by atoms with E-state index < -0.39 is 0 Å². The van der Waals surface area contributed by atoms with E-state index in [0.29, 0.717) is 40.4 Å². The van der Waals surface area contributed by atoms with E-state index in [0.717, 1.165) is 31.2 Å². The van der Waals surface area contributed by atoms with E-state index in [-0.39, 0.29) is 54.6 Å². The molecule has 3 aromatic rings. The van der Waals surface area contributed by atoms with E-state index in [1.807, 2.05) is 0 Å². The standard InChI is InChI=1S/C31H30O8/c1-36-30(34)13-8-20-15-21(31(35)25-11-9-23(16-26(25)32)39-22-4-2-3-5-22)7-12-28(20)37-17-19-6-10-24-27(33)18-38-29(24)14-19/h6-7,9-12,14-16,22,32H,2-5,8,13,17-18H2,1H3. The van der Waals surface area contributed by atoms with Crippen molar-refractivity contribution in [2.24, 2.45) is 0 Å². The summed E-state index contributed by atoms with van der Waals surface area (Å²) in [6.45, 7) is 0.241. The van der Waals surface area contributed by atoms with E-state index in [9.17, 15) is 19.5 Å². The molecule has 0 atom stereocenters. The van der Waals surface area contributed by atoms with Crippen molar-refractivity contribution in [3.63, 3.8) is 0 Å². The van der Waals surface area contributed by atoms with Crippen molar-refractivity contribution in [1.29, 1.82) is 0 Å². The molecule has 1 N–H and O–H groups in total. The molecule has 3 aromatic carbocycles. The van der Waals surface area contributed by atoms with E-state index in [1.54, 1.807) is 48.5 Å². The van der Waals surface area contributed by atoms with Gasteiger partial charge in [-0.1, -0.05) is 6.07 Å². The highest BCUT2D eigenvalue weighted by Crippen LogP contribution is 2.32. The molecule has 0 unspecified atom stereocenters. The van der Waals surface area contributed by atoms with Gasteiger partial charge in [-0.25, -0.2) is 0 Å². The van der Waals surface area contributed by atoms with E-state index in [2.05, 4.69) is 0 Å². The third-order valence-electron chi connectivity index (χ3n) is 7.07. The molecule has 8 nitrogen and oxygen atoms in total. The van der Waals surface area contributed by atoms with Gasteiger partial charge in [-0.2, -0.15) is 0 Å². The van der Waals surface area contributed by atoms with Gasteiger partial charge in [0.05, 0.1) is 24.3 Å². The number of benzene rings is 3. The van der Waals surface area contributed by atoms with Gasteiger partial charge in [0.25, 0.3) is 0 Å². The molecular weight excluding hydrogens is 500 g/mol. The highest BCUT2D eigenvalue weighted by Gasteiger charge is 2.22. The zero-order chi connectivity index (χ0) is 27.4. The normalized spacial score (nSPS) is 14.5. The van der Waals surface area contributed by atoms with Crippen LogP contribution in [0.25, 0.3) is 0 Å². The minimum absolute atomic E-state index is 0.0403. The van der Waals surface area contributed by atoms with E-state index >= 15 is 0 Å². The van der Waals surface area contributed by atoms with E-state index in [1.165, 1.54) is 13.2 Å². The predicted octanol–water partition coefficient (Wildman–Crippen LogP) is 5.20. The van der Waals surface area contributed by atoms with Crippen LogP contribution in [0, 0.1) is 0 Å². The number of ether oxygens (including phenoxy) is 4. The van der Waals surface area contributed by atoms with Gasteiger partial charge in [-0.15, -0.1) is 0 Å². The summed E-state index contributed by atoms with van der Waals surface area (Å²) < 4.78 is 22.2. The van der Waals surface area contributed by atoms with Gasteiger partial charge in [0.1, 0.15) is 29.6 Å². The molecule has 1 aliphatic carbocycles. The predicted molar refractivity (Wildman–Crippen MR) is 142 cm³/mol. The highest BCUT2D eigenvalue weighted by molar-refractivity contribution is 6.11. The number of aryl methyl sites for hydroxylation is 1. The molecule has 0 amide bonds. The van der Waals surface area contributed by atoms with Gasteiger partial charge in [0.2, 0.25) is 5.78 Å². The SMILES string of the molecule is COC(=O)CCc1cc(C(=O)c2ccc(OC3CCCC3)cc2O)ccc1OCc1ccc2c(c1)OCC2=O. The number of methoxy groups -OCH3 is 1. The number of phenolic OH excluding ortho intramolecular Hbond substituents is 1. The topological polar surface area (TPSA) is 108 Å². The monoisotopic (exact) mass is 530 g/mol. The number of Topliss-reactive ketones (excluding diaryl/α,β-unsaturated/α-hetero) is 1. The maximum Gasteiger partial charge on any atom is 0.305 e. The summed E-state index contributed by atoms with van der Waals surface area (Å²) in [6, 6.07) is 15.0. The van der Waals surface area contributed by atoms with Crippen LogP contribution in [0.4, 0.5) is 0 Å². The number of hydrogen-bond acceptors (Lipinski definition) is 8. The second-order valence-electron chi connectivity index (χ2n) is 9.76. The molecule has 202 valence electrons. The number of ketones is 2. The number of phenols is 1. The second-order valence-corrected chi connectivity index (χ2v) is 9.76. The first-order valence-electron chi connectivity index (χ1n) is 13.1. The molecule has 1 saturated carbocycles. The van der Waals surface area contributed by atoms with Crippen LogP contribution in [0.2, 0.25) is 0 Å². The fraction of sp³-hybridized carbons (Fsp3) is 0.323. The summed E-state index contributed by atoms with van der Waals surface area (Å²) in [7, 11) is 1.32. The van der Waals surface area contributed by atoms with Crippen LogP contribution in [0.1, 0.15) is 69.5 Å². The number of hydrogen-bond donors (Lipinski definition) is 1. The van der Waals surface area contributed by atoms with Crippen LogP contribution in [0.15, 0.2) is 54.6 Å². The first-order valence-corrected chi connectivity index (χ1v) is 13.1. The molecule has 1 heterocycles. The maximum absolute atomic E-state index is 13.3. The molecule has 0 radical (unpaired) electrons. The molecule has 0 spiro atoms. The van der Waals surface area contributed by atoms with Gasteiger partial charge >= 0.3 is 5.97 Å². The summed E-state index contributed by atoms with van der Waals surface area (Å²) in [5.41, 5.74) is 2.54. The van der Waals surface area contributed by atoms with Crippen molar-refractivity contribution in [3.8, 4) is 23.0 Å². The van der Waals surface area contributed by atoms with Crippen molar-refractivity contribution in [3.05, 3.63) is 82.4 Å². The number of carbonyl (C=O) groups is 3. The minimum atomic E-state index is -0.381. The maximum atomic E-state index is 13.3. The minimum Gasteiger partial charge on any atom is -0.507 e. The first-order chi connectivity index (χ1) is 18.9. The number of fused-ring (bicyclic) bond motifs is 1. The Balaban J connectivity index is 1.34. The fourth-order valence-electron chi connectivity index (χ4n) is 4.92. The van der Waals surface area contributed by atoms with Crippen LogP contribution < -0.4 is 14.2 Å². The van der Waals surface area contributed by atoms with Gasteiger partial charge in [0, 0.05) is 18.1 Å². The molecule has 8 heteroatoms. The van der Waals surface area contributed by atoms with Gasteiger partial charge in [-0.3, -0.25) is 14.4 Å². The summed E-state index contributed by atoms with van der Waals surface area (Å²) in [5, 5.41) is 10.6. The van der Waals surface area contributed by atoms with Gasteiger partial charge in [0.15, 0.2) is 12.4 Å². The number of rotatable bonds is 10. The molecule has 5 rings (SSSR count). The first kappa shape index (κ1) is 26.3. The number of carbonyl (C=O) groups excluding carboxylic acids is 3. The largest absolute Gasteiger partial charge is 0.507 e. The van der Waals surface area contributed by atoms with Crippen LogP contribution in [-0.2, 0) is 22.6 Å². The third kappa shape index (κ3) is 6.06. The zero-order valence-corrected chi connectivity index (χ0v) is 21.7. The summed E-state index contributed by atoms with van der Waals surface area (Å²) >= 11 is 0. The van der Waals surface area contributed by atoms with Crippen molar-refractivity contribution < 1.29 is 38.4 Å². The average molecular weight is 531 g/mol. The Morgan fingerprint density at radius 1 is 1.03 bits per heavy atom. The van der Waals surface area contributed by atoms with Gasteiger partial charge in [-0.05, 0) is 85.7 Å². The lowest BCUT2D eigenvalue weighted by Crippen LogP contribution is -2.11. The van der Waals surface area contributed by atoms with Crippen LogP contribution in [0.5, 0.6) is 23.0 Å². The fourth-order valence-corrected chi connectivity index (χ4v) is 4.92. The van der Waals surface area contributed by atoms with Crippen molar-refractivity contribution >= 4 is 17.5 Å². The highest BCUT2D eigenvalue weighted by atomic mass is 16.5. The lowest BCUT2D eigenvalue weighted by Gasteiger charge is -2.15. The summed E-state index contributed by atoms with van der Waals surface area (Å²) in [5.74, 6) is 0.651. The Bertz CT molecular complexity index is 1400. The lowest BCUT2D eigenvalue weighted by atomic mass is 9.98. The van der Waals surface area contributed by atoms with Crippen LogP contribution >= 0.6 is 0 Å². The lowest BCUT2D eigenvalue weighted by molar-refractivity contribution is -0.140. The van der Waals surface area contributed by atoms with E-state index in [4.69, 9.17) is 18.9 Å². The molecule has 2 aliphatic rings. The molecular formula is C31H30O8. The summed E-state index contributed by atoms with van der Waals surface area (Å²) in [6.07, 6.45) is 4.79. The van der Waals surface area contributed by atoms with Crippen molar-refractivity contribution in [2.45, 2.75) is 51.2 Å². The average Bonchev–Trinajstić information content (AvgIpc) is 3.59. The Hall–Kier alpha value is -4.33. The number of aromatic hydroxyl groups is 1. The Labute approximate surface area is 226 Å².